The molecule has 62 heavy (non-hydrogen) atoms. The van der Waals surface area contributed by atoms with E-state index in [0.717, 1.165) is 0 Å². The Morgan fingerprint density at radius 2 is 0.726 bits per heavy atom. The van der Waals surface area contributed by atoms with Gasteiger partial charge in [0, 0.05) is 10.8 Å². The minimum atomic E-state index is -0.113. The summed E-state index contributed by atoms with van der Waals surface area (Å²) in [5.41, 5.74) is 27.6. The van der Waals surface area contributed by atoms with Gasteiger partial charge in [-0.3, -0.25) is 0 Å². The summed E-state index contributed by atoms with van der Waals surface area (Å²) in [6, 6.07) is 44.0. The van der Waals surface area contributed by atoms with Crippen molar-refractivity contribution in [2.24, 2.45) is 0 Å². The second-order valence-electron chi connectivity index (χ2n) is 24.3. The molecule has 3 aliphatic rings. The zero-order valence-electron chi connectivity index (χ0n) is 40.4. The maximum Gasteiger partial charge on any atom is 0.0159 e. The first kappa shape index (κ1) is 40.8. The van der Waals surface area contributed by atoms with E-state index < -0.39 is 0 Å². The van der Waals surface area contributed by atoms with E-state index in [0.29, 0.717) is 0 Å². The minimum absolute atomic E-state index is 0.00177. The standard InChI is InChI=1S/C62H66/c1-57(2,3)36-21-24-45-50(31-36)61(13,14)52-33-38(59(7,8)9)29-47(55(45)52)35-20-23-40-44-27-26-41(42-18-17-19-43(54(42)44)48(40)28-35)49-30-39(60(10,11)12)34-53-56(49)46-25-22-37(58(4,5)6)32-51(46)62(53,15)16/h17-34H,1-16H3. The molecule has 0 radical (unpaired) electrons. The van der Waals surface area contributed by atoms with Gasteiger partial charge in [0.05, 0.1) is 0 Å². The molecular weight excluding hydrogens is 745 g/mol. The SMILES string of the molecule is CC(C)(C)c1ccc2c(c1)C(C)(C)c1cc(C(C)(C)C)cc(-c3ccc4c(c3)-c3cccc5c(-c6cc(C(C)(C)C)cc7c6-c6ccc(C(C)(C)C)cc6C7(C)C)ccc-4c35)c1-2. The lowest BCUT2D eigenvalue weighted by Gasteiger charge is -2.27. The highest BCUT2D eigenvalue weighted by Crippen LogP contribution is 2.58. The third-order valence-corrected chi connectivity index (χ3v) is 15.3. The van der Waals surface area contributed by atoms with Crippen LogP contribution >= 0.6 is 0 Å². The highest BCUT2D eigenvalue weighted by molar-refractivity contribution is 6.20. The Hall–Kier alpha value is -5.20. The average molecular weight is 811 g/mol. The number of hydrogen-bond donors (Lipinski definition) is 0. The summed E-state index contributed by atoms with van der Waals surface area (Å²) in [6.45, 7) is 37.9. The molecule has 0 heteroatoms. The van der Waals surface area contributed by atoms with Crippen LogP contribution in [-0.2, 0) is 32.5 Å². The van der Waals surface area contributed by atoms with E-state index in [2.05, 4.69) is 220 Å². The molecule has 0 unspecified atom stereocenters. The quantitative estimate of drug-likeness (QED) is 0.163. The number of benzene rings is 7. The van der Waals surface area contributed by atoms with E-state index in [1.54, 1.807) is 0 Å². The Labute approximate surface area is 372 Å². The van der Waals surface area contributed by atoms with Crippen molar-refractivity contribution in [3.63, 3.8) is 0 Å². The summed E-state index contributed by atoms with van der Waals surface area (Å²) in [6.07, 6.45) is 0. The lowest BCUT2D eigenvalue weighted by atomic mass is 9.76. The number of hydrogen-bond acceptors (Lipinski definition) is 0. The lowest BCUT2D eigenvalue weighted by Crippen LogP contribution is -2.19. The van der Waals surface area contributed by atoms with Crippen molar-refractivity contribution in [3.05, 3.63) is 154 Å². The number of fused-ring (bicyclic) bond motifs is 9. The summed E-state index contributed by atoms with van der Waals surface area (Å²) in [5.74, 6) is 0. The summed E-state index contributed by atoms with van der Waals surface area (Å²) >= 11 is 0. The first-order chi connectivity index (χ1) is 28.8. The van der Waals surface area contributed by atoms with Crippen molar-refractivity contribution < 1.29 is 0 Å². The molecule has 314 valence electrons. The topological polar surface area (TPSA) is 0 Å². The van der Waals surface area contributed by atoms with Crippen LogP contribution in [0.15, 0.2) is 109 Å². The van der Waals surface area contributed by atoms with E-state index in [-0.39, 0.29) is 32.5 Å². The van der Waals surface area contributed by atoms with Gasteiger partial charge in [-0.2, -0.15) is 0 Å². The zero-order valence-corrected chi connectivity index (χ0v) is 40.4. The maximum absolute atomic E-state index is 2.53. The highest BCUT2D eigenvalue weighted by Gasteiger charge is 2.41. The Morgan fingerprint density at radius 3 is 1.24 bits per heavy atom. The van der Waals surface area contributed by atoms with Crippen LogP contribution in [-0.4, -0.2) is 0 Å². The van der Waals surface area contributed by atoms with Crippen molar-refractivity contribution in [2.75, 3.05) is 0 Å². The predicted octanol–water partition coefficient (Wildman–Crippen LogP) is 17.6. The Morgan fingerprint density at radius 1 is 0.306 bits per heavy atom. The highest BCUT2D eigenvalue weighted by atomic mass is 14.4. The van der Waals surface area contributed by atoms with Gasteiger partial charge in [-0.15, -0.1) is 0 Å². The monoisotopic (exact) mass is 811 g/mol. The molecule has 0 fully saturated rings. The molecule has 0 aliphatic heterocycles. The normalized spacial score (nSPS) is 15.7. The Bertz CT molecular complexity index is 3070. The van der Waals surface area contributed by atoms with Gasteiger partial charge in [-0.05, 0) is 162 Å². The summed E-state index contributed by atoms with van der Waals surface area (Å²) in [5, 5.41) is 2.71. The van der Waals surface area contributed by atoms with Crippen LogP contribution in [0.2, 0.25) is 0 Å². The van der Waals surface area contributed by atoms with Gasteiger partial charge < -0.3 is 0 Å². The fourth-order valence-electron chi connectivity index (χ4n) is 11.2. The van der Waals surface area contributed by atoms with E-state index in [4.69, 9.17) is 0 Å². The molecule has 0 N–H and O–H groups in total. The van der Waals surface area contributed by atoms with Crippen LogP contribution < -0.4 is 0 Å². The van der Waals surface area contributed by atoms with Gasteiger partial charge in [-0.25, -0.2) is 0 Å². The average Bonchev–Trinajstić information content (AvgIpc) is 3.73. The van der Waals surface area contributed by atoms with E-state index in [9.17, 15) is 0 Å². The molecule has 10 rings (SSSR count). The third-order valence-electron chi connectivity index (χ3n) is 15.3. The molecule has 0 saturated carbocycles. The molecule has 3 aliphatic carbocycles. The van der Waals surface area contributed by atoms with Crippen LogP contribution in [0.3, 0.4) is 0 Å². The van der Waals surface area contributed by atoms with Crippen molar-refractivity contribution in [2.45, 2.75) is 143 Å². The molecule has 0 amide bonds. The first-order valence-electron chi connectivity index (χ1n) is 23.2. The molecular formula is C62H66. The van der Waals surface area contributed by atoms with Crippen LogP contribution in [0.5, 0.6) is 0 Å². The summed E-state index contributed by atoms with van der Waals surface area (Å²) < 4.78 is 0. The predicted molar refractivity (Wildman–Crippen MR) is 269 cm³/mol. The first-order valence-corrected chi connectivity index (χ1v) is 23.2. The second kappa shape index (κ2) is 12.7. The fourth-order valence-corrected chi connectivity index (χ4v) is 11.2. The summed E-state index contributed by atoms with van der Waals surface area (Å²) in [7, 11) is 0. The lowest BCUT2D eigenvalue weighted by molar-refractivity contribution is 0.579. The summed E-state index contributed by atoms with van der Waals surface area (Å²) in [4.78, 5) is 0. The van der Waals surface area contributed by atoms with Crippen LogP contribution in [0.25, 0.3) is 77.5 Å². The van der Waals surface area contributed by atoms with Gasteiger partial charge in [0.1, 0.15) is 0 Å². The Kier molecular flexibility index (Phi) is 8.38. The molecule has 0 bridgehead atoms. The van der Waals surface area contributed by atoms with Crippen LogP contribution in [0, 0.1) is 0 Å². The molecule has 0 heterocycles. The molecule has 0 nitrogen and oxygen atoms in total. The zero-order chi connectivity index (χ0) is 44.4. The minimum Gasteiger partial charge on any atom is -0.0610 e. The van der Waals surface area contributed by atoms with Crippen molar-refractivity contribution in [1.29, 1.82) is 0 Å². The Balaban J connectivity index is 1.18. The van der Waals surface area contributed by atoms with Gasteiger partial charge in [-0.1, -0.05) is 202 Å². The maximum atomic E-state index is 2.53. The van der Waals surface area contributed by atoms with E-state index in [1.807, 2.05) is 0 Å². The van der Waals surface area contributed by atoms with Gasteiger partial charge in [0.25, 0.3) is 0 Å². The van der Waals surface area contributed by atoms with E-state index >= 15 is 0 Å². The molecule has 0 saturated heterocycles. The second-order valence-corrected chi connectivity index (χ2v) is 24.3. The van der Waals surface area contributed by atoms with Crippen LogP contribution in [0.4, 0.5) is 0 Å². The molecule has 0 spiro atoms. The largest absolute Gasteiger partial charge is 0.0610 e. The van der Waals surface area contributed by atoms with E-state index in [1.165, 1.54) is 122 Å². The third kappa shape index (κ3) is 5.84. The molecule has 7 aromatic rings. The van der Waals surface area contributed by atoms with Crippen molar-refractivity contribution in [1.82, 2.24) is 0 Å². The molecule has 0 atom stereocenters. The molecule has 0 aromatic heterocycles. The van der Waals surface area contributed by atoms with Gasteiger partial charge in [0.15, 0.2) is 0 Å². The smallest absolute Gasteiger partial charge is 0.0159 e. The van der Waals surface area contributed by atoms with Crippen molar-refractivity contribution >= 4 is 10.8 Å². The van der Waals surface area contributed by atoms with Gasteiger partial charge in [0.2, 0.25) is 0 Å². The van der Waals surface area contributed by atoms with Crippen molar-refractivity contribution in [3.8, 4) is 66.8 Å². The van der Waals surface area contributed by atoms with Gasteiger partial charge >= 0.3 is 0 Å². The number of rotatable bonds is 2. The molecule has 7 aromatic carbocycles. The van der Waals surface area contributed by atoms with Crippen LogP contribution in [0.1, 0.15) is 155 Å². The fraction of sp³-hybridized carbons (Fsp3) is 0.355.